The van der Waals surface area contributed by atoms with Crippen molar-refractivity contribution in [2.24, 2.45) is 0 Å². The predicted molar refractivity (Wildman–Crippen MR) is 31.7 cm³/mol. The first-order valence-electron chi connectivity index (χ1n) is 2.99. The van der Waals surface area contributed by atoms with Gasteiger partial charge in [0.1, 0.15) is 6.61 Å². The Morgan fingerprint density at radius 2 is 2.00 bits per heavy atom. The maximum Gasteiger partial charge on any atom is 0.270 e. The number of halogens is 2. The minimum Gasteiger partial charge on any atom is -0.378 e. The second kappa shape index (κ2) is 3.77. The predicted octanol–water partition coefficient (Wildman–Crippen LogP) is 2.07. The van der Waals surface area contributed by atoms with Crippen molar-refractivity contribution in [3.63, 3.8) is 0 Å². The van der Waals surface area contributed by atoms with E-state index in [0.29, 0.717) is 6.42 Å². The van der Waals surface area contributed by atoms with E-state index >= 15 is 0 Å². The molecule has 0 aromatic heterocycles. The van der Waals surface area contributed by atoms with Crippen LogP contribution in [0.25, 0.3) is 0 Å². The van der Waals surface area contributed by atoms with Gasteiger partial charge in [0.05, 0.1) is 0 Å². The monoisotopic (exact) mass is 138 g/mol. The first-order valence-corrected chi connectivity index (χ1v) is 2.99. The Hall–Kier alpha value is -0.180. The molecule has 0 aliphatic carbocycles. The molecule has 0 rings (SSSR count). The van der Waals surface area contributed by atoms with Crippen LogP contribution in [0.15, 0.2) is 0 Å². The smallest absolute Gasteiger partial charge is 0.270 e. The summed E-state index contributed by atoms with van der Waals surface area (Å²) in [6.07, 6.45) is 0.414. The zero-order valence-corrected chi connectivity index (χ0v) is 5.79. The zero-order chi connectivity index (χ0) is 7.33. The molecule has 9 heavy (non-hydrogen) atoms. The molecule has 0 aromatic rings. The van der Waals surface area contributed by atoms with Crippen LogP contribution in [0.3, 0.4) is 0 Å². The molecule has 0 fully saturated rings. The van der Waals surface area contributed by atoms with Gasteiger partial charge in [-0.15, -0.1) is 0 Å². The largest absolute Gasteiger partial charge is 0.378 e. The van der Waals surface area contributed by atoms with Crippen LogP contribution in [-0.4, -0.2) is 19.6 Å². The van der Waals surface area contributed by atoms with Crippen molar-refractivity contribution >= 4 is 0 Å². The van der Waals surface area contributed by atoms with Crippen LogP contribution in [0.4, 0.5) is 8.78 Å². The van der Waals surface area contributed by atoms with Gasteiger partial charge in [0.25, 0.3) is 5.92 Å². The summed E-state index contributed by atoms with van der Waals surface area (Å²) in [5, 5.41) is 0. The van der Waals surface area contributed by atoms with Crippen molar-refractivity contribution in [3.05, 3.63) is 0 Å². The van der Waals surface area contributed by atoms with E-state index in [4.69, 9.17) is 0 Å². The molecule has 0 heterocycles. The van der Waals surface area contributed by atoms with Crippen LogP contribution in [0.5, 0.6) is 0 Å². The average molecular weight is 138 g/mol. The molecule has 0 aromatic carbocycles. The second-order valence-corrected chi connectivity index (χ2v) is 2.04. The van der Waals surface area contributed by atoms with Crippen LogP contribution in [0, 0.1) is 0 Å². The molecule has 1 nitrogen and oxygen atoms in total. The first kappa shape index (κ1) is 8.82. The summed E-state index contributed by atoms with van der Waals surface area (Å²) < 4.78 is 28.9. The first-order chi connectivity index (χ1) is 4.12. The van der Waals surface area contributed by atoms with Gasteiger partial charge in [-0.05, 0) is 0 Å². The lowest BCUT2D eigenvalue weighted by Gasteiger charge is -2.12. The van der Waals surface area contributed by atoms with Gasteiger partial charge in [0.15, 0.2) is 0 Å². The van der Waals surface area contributed by atoms with Gasteiger partial charge in [0, 0.05) is 13.5 Å². The fraction of sp³-hybridized carbons (Fsp3) is 1.00. The fourth-order valence-electron chi connectivity index (χ4n) is 0.649. The number of methoxy groups -OCH3 is 1. The summed E-state index contributed by atoms with van der Waals surface area (Å²) in [6, 6.07) is 0. The van der Waals surface area contributed by atoms with Crippen LogP contribution in [-0.2, 0) is 4.74 Å². The topological polar surface area (TPSA) is 9.23 Å². The maximum absolute atomic E-state index is 12.3. The molecule has 0 atom stereocenters. The minimum absolute atomic E-state index is 0.0825. The van der Waals surface area contributed by atoms with E-state index < -0.39 is 12.5 Å². The highest BCUT2D eigenvalue weighted by atomic mass is 19.3. The number of alkyl halides is 2. The molecule has 0 unspecified atom stereocenters. The van der Waals surface area contributed by atoms with Gasteiger partial charge in [-0.1, -0.05) is 13.3 Å². The SMILES string of the molecule is CCCC(F)(F)COC. The van der Waals surface area contributed by atoms with Crippen molar-refractivity contribution in [3.8, 4) is 0 Å². The lowest BCUT2D eigenvalue weighted by molar-refractivity contribution is -0.0700. The third kappa shape index (κ3) is 4.33. The maximum atomic E-state index is 12.3. The number of rotatable bonds is 4. The standard InChI is InChI=1S/C6H12F2O/c1-3-4-6(7,8)5-9-2/h3-5H2,1-2H3. The van der Waals surface area contributed by atoms with Crippen molar-refractivity contribution in [1.82, 2.24) is 0 Å². The van der Waals surface area contributed by atoms with Crippen LogP contribution in [0.2, 0.25) is 0 Å². The van der Waals surface area contributed by atoms with Gasteiger partial charge in [-0.3, -0.25) is 0 Å². The number of hydrogen-bond acceptors (Lipinski definition) is 1. The minimum atomic E-state index is -2.62. The summed E-state index contributed by atoms with van der Waals surface area (Å²) in [5.74, 6) is -2.62. The highest BCUT2D eigenvalue weighted by Crippen LogP contribution is 2.19. The third-order valence-electron chi connectivity index (χ3n) is 0.971. The van der Waals surface area contributed by atoms with Gasteiger partial charge in [-0.25, -0.2) is 8.78 Å². The van der Waals surface area contributed by atoms with Gasteiger partial charge in [0.2, 0.25) is 0 Å². The summed E-state index contributed by atoms with van der Waals surface area (Å²) in [6.45, 7) is 1.27. The van der Waals surface area contributed by atoms with Crippen LogP contribution >= 0.6 is 0 Å². The van der Waals surface area contributed by atoms with E-state index in [2.05, 4.69) is 4.74 Å². The van der Waals surface area contributed by atoms with Crippen LogP contribution in [0.1, 0.15) is 19.8 Å². The molecule has 0 saturated carbocycles. The van der Waals surface area contributed by atoms with Gasteiger partial charge >= 0.3 is 0 Å². The molecule has 3 heteroatoms. The molecule has 0 N–H and O–H groups in total. The number of ether oxygens (including phenoxy) is 1. The summed E-state index contributed by atoms with van der Waals surface area (Å²) in [5.41, 5.74) is 0. The van der Waals surface area contributed by atoms with Crippen LogP contribution < -0.4 is 0 Å². The Labute approximate surface area is 54.0 Å². The van der Waals surface area contributed by atoms with Gasteiger partial charge < -0.3 is 4.74 Å². The Morgan fingerprint density at radius 1 is 1.44 bits per heavy atom. The lowest BCUT2D eigenvalue weighted by atomic mass is 10.2. The Bertz CT molecular complexity index is 65.5. The summed E-state index contributed by atoms with van der Waals surface area (Å²) in [4.78, 5) is 0. The van der Waals surface area contributed by atoms with E-state index in [0.717, 1.165) is 0 Å². The Balaban J connectivity index is 3.43. The van der Waals surface area contributed by atoms with Crippen molar-refractivity contribution in [2.75, 3.05) is 13.7 Å². The van der Waals surface area contributed by atoms with E-state index in [9.17, 15) is 8.78 Å². The molecule has 0 bridgehead atoms. The van der Waals surface area contributed by atoms with Crippen molar-refractivity contribution in [2.45, 2.75) is 25.7 Å². The average Bonchev–Trinajstić information content (AvgIpc) is 1.64. The summed E-state index contributed by atoms with van der Waals surface area (Å²) in [7, 11) is 1.28. The number of hydrogen-bond donors (Lipinski definition) is 0. The quantitative estimate of drug-likeness (QED) is 0.577. The van der Waals surface area contributed by atoms with Crippen molar-refractivity contribution in [1.29, 1.82) is 0 Å². The second-order valence-electron chi connectivity index (χ2n) is 2.04. The molecule has 56 valence electrons. The highest BCUT2D eigenvalue weighted by molar-refractivity contribution is 4.62. The molecule has 0 aliphatic heterocycles. The molecule has 0 saturated heterocycles. The molecule has 0 aliphatic rings. The van der Waals surface area contributed by atoms with E-state index in [1.54, 1.807) is 6.92 Å². The normalized spacial score (nSPS) is 12.0. The Morgan fingerprint density at radius 3 is 2.33 bits per heavy atom. The fourth-order valence-corrected chi connectivity index (χ4v) is 0.649. The Kier molecular flexibility index (Phi) is 3.70. The highest BCUT2D eigenvalue weighted by Gasteiger charge is 2.26. The van der Waals surface area contributed by atoms with E-state index in [1.165, 1.54) is 7.11 Å². The summed E-state index contributed by atoms with van der Waals surface area (Å²) >= 11 is 0. The van der Waals surface area contributed by atoms with E-state index in [-0.39, 0.29) is 6.42 Å². The van der Waals surface area contributed by atoms with Crippen molar-refractivity contribution < 1.29 is 13.5 Å². The molecular weight excluding hydrogens is 126 g/mol. The zero-order valence-electron chi connectivity index (χ0n) is 5.79. The van der Waals surface area contributed by atoms with Gasteiger partial charge in [-0.2, -0.15) is 0 Å². The third-order valence-corrected chi connectivity index (χ3v) is 0.971. The molecular formula is C6H12F2O. The van der Waals surface area contributed by atoms with E-state index in [1.807, 2.05) is 0 Å². The molecule has 0 radical (unpaired) electrons. The lowest BCUT2D eigenvalue weighted by Crippen LogP contribution is -2.22. The molecule has 0 spiro atoms. The molecule has 0 amide bonds.